The number of benzene rings is 3. The Bertz CT molecular complexity index is 1090. The van der Waals surface area contributed by atoms with E-state index < -0.39 is 0 Å². The van der Waals surface area contributed by atoms with Gasteiger partial charge in [0.05, 0.1) is 12.8 Å². The summed E-state index contributed by atoms with van der Waals surface area (Å²) in [7, 11) is 0. The third-order valence-corrected chi connectivity index (χ3v) is 4.81. The topological polar surface area (TPSA) is 85.9 Å². The van der Waals surface area contributed by atoms with Crippen LogP contribution >= 0.6 is 23.2 Å². The second kappa shape index (κ2) is 10.7. The smallest absolute Gasteiger partial charge is 0.271 e. The lowest BCUT2D eigenvalue weighted by Crippen LogP contribution is -2.17. The number of anilines is 1. The van der Waals surface area contributed by atoms with Crippen molar-refractivity contribution in [3.63, 3.8) is 0 Å². The molecule has 3 N–H and O–H groups in total. The van der Waals surface area contributed by atoms with Gasteiger partial charge in [-0.15, -0.1) is 0 Å². The molecule has 0 aliphatic carbocycles. The van der Waals surface area contributed by atoms with Crippen LogP contribution in [-0.2, 0) is 6.61 Å². The molecule has 3 rings (SSSR count). The lowest BCUT2D eigenvalue weighted by Gasteiger charge is -2.13. The molecule has 0 atom stereocenters. The van der Waals surface area contributed by atoms with Crippen LogP contribution in [0.3, 0.4) is 0 Å². The van der Waals surface area contributed by atoms with Gasteiger partial charge in [0.25, 0.3) is 5.91 Å². The van der Waals surface area contributed by atoms with Gasteiger partial charge in [-0.3, -0.25) is 4.79 Å². The molecule has 0 fully saturated rings. The maximum atomic E-state index is 12.1. The maximum Gasteiger partial charge on any atom is 0.271 e. The van der Waals surface area contributed by atoms with E-state index in [4.69, 9.17) is 38.4 Å². The third kappa shape index (κ3) is 6.38. The highest BCUT2D eigenvalue weighted by atomic mass is 35.5. The van der Waals surface area contributed by atoms with Gasteiger partial charge >= 0.3 is 0 Å². The summed E-state index contributed by atoms with van der Waals surface area (Å²) in [6.45, 7) is 2.61. The minimum Gasteiger partial charge on any atom is -0.490 e. The molecule has 0 radical (unpaired) electrons. The Morgan fingerprint density at radius 3 is 2.52 bits per heavy atom. The van der Waals surface area contributed by atoms with E-state index in [0.29, 0.717) is 39.4 Å². The number of nitrogen functional groups attached to an aromatic ring is 1. The van der Waals surface area contributed by atoms with E-state index in [-0.39, 0.29) is 12.5 Å². The van der Waals surface area contributed by atoms with Crippen molar-refractivity contribution in [1.82, 2.24) is 5.43 Å². The number of rotatable bonds is 8. The Balaban J connectivity index is 1.66. The maximum absolute atomic E-state index is 12.1. The van der Waals surface area contributed by atoms with Crippen molar-refractivity contribution in [2.24, 2.45) is 5.10 Å². The normalized spacial score (nSPS) is 10.8. The molecule has 0 heterocycles. The summed E-state index contributed by atoms with van der Waals surface area (Å²) in [5.74, 6) is 0.790. The zero-order valence-electron chi connectivity index (χ0n) is 16.8. The van der Waals surface area contributed by atoms with Crippen LogP contribution < -0.4 is 20.6 Å². The second-order valence-corrected chi connectivity index (χ2v) is 7.33. The minimum atomic E-state index is -0.332. The number of carbonyl (C=O) groups is 1. The van der Waals surface area contributed by atoms with E-state index in [2.05, 4.69) is 10.5 Å². The molecule has 0 aliphatic rings. The number of nitrogens with two attached hydrogens (primary N) is 1. The van der Waals surface area contributed by atoms with Crippen LogP contribution in [0.4, 0.5) is 5.69 Å². The average molecular weight is 458 g/mol. The van der Waals surface area contributed by atoms with Crippen LogP contribution in [-0.4, -0.2) is 18.7 Å². The van der Waals surface area contributed by atoms with Crippen LogP contribution in [0, 0.1) is 0 Å². The van der Waals surface area contributed by atoms with E-state index in [1.54, 1.807) is 54.6 Å². The summed E-state index contributed by atoms with van der Waals surface area (Å²) in [6, 6.07) is 17.2. The molecule has 0 aliphatic heterocycles. The highest BCUT2D eigenvalue weighted by Crippen LogP contribution is 2.30. The Labute approximate surface area is 190 Å². The molecule has 0 saturated carbocycles. The van der Waals surface area contributed by atoms with Crippen molar-refractivity contribution in [3.8, 4) is 11.5 Å². The predicted molar refractivity (Wildman–Crippen MR) is 124 cm³/mol. The van der Waals surface area contributed by atoms with Crippen LogP contribution in [0.5, 0.6) is 11.5 Å². The summed E-state index contributed by atoms with van der Waals surface area (Å²) in [4.78, 5) is 12.1. The highest BCUT2D eigenvalue weighted by Gasteiger charge is 2.09. The van der Waals surface area contributed by atoms with Crippen molar-refractivity contribution < 1.29 is 14.3 Å². The van der Waals surface area contributed by atoms with Crippen LogP contribution in [0.2, 0.25) is 10.0 Å². The van der Waals surface area contributed by atoms with Crippen LogP contribution in [0.1, 0.15) is 28.4 Å². The number of halogens is 2. The standard InChI is InChI=1S/C23H21Cl2N3O3/c1-2-30-22-11-15(13-27-28-23(29)16-5-8-19(26)9-6-16)3-10-21(22)31-14-17-4-7-18(24)12-20(17)25/h3-13H,2,14,26H2,1H3,(H,28,29)/b27-13-. The molecule has 3 aromatic rings. The fraction of sp³-hybridized carbons (Fsp3) is 0.130. The summed E-state index contributed by atoms with van der Waals surface area (Å²) in [5, 5.41) is 5.10. The Morgan fingerprint density at radius 2 is 1.81 bits per heavy atom. The first kappa shape index (κ1) is 22.5. The molecular formula is C23H21Cl2N3O3. The zero-order chi connectivity index (χ0) is 22.2. The average Bonchev–Trinajstić information content (AvgIpc) is 2.75. The molecule has 0 spiro atoms. The fourth-order valence-electron chi connectivity index (χ4n) is 2.65. The van der Waals surface area contributed by atoms with Gasteiger partial charge in [-0.2, -0.15) is 5.10 Å². The first-order valence-corrected chi connectivity index (χ1v) is 10.2. The van der Waals surface area contributed by atoms with Gasteiger partial charge in [0, 0.05) is 26.9 Å². The van der Waals surface area contributed by atoms with E-state index in [9.17, 15) is 4.79 Å². The van der Waals surface area contributed by atoms with Crippen molar-refractivity contribution in [2.45, 2.75) is 13.5 Å². The molecule has 31 heavy (non-hydrogen) atoms. The van der Waals surface area contributed by atoms with Crippen LogP contribution in [0.15, 0.2) is 65.8 Å². The van der Waals surface area contributed by atoms with Crippen molar-refractivity contribution in [2.75, 3.05) is 12.3 Å². The number of carbonyl (C=O) groups excluding carboxylic acids is 1. The number of nitrogens with zero attached hydrogens (tertiary/aromatic N) is 1. The number of hydrogen-bond donors (Lipinski definition) is 2. The van der Waals surface area contributed by atoms with E-state index >= 15 is 0 Å². The Hall–Kier alpha value is -3.22. The molecule has 3 aromatic carbocycles. The predicted octanol–water partition coefficient (Wildman–Crippen LogP) is 5.32. The van der Waals surface area contributed by atoms with Gasteiger partial charge in [0.2, 0.25) is 0 Å². The molecule has 1 amide bonds. The largest absolute Gasteiger partial charge is 0.490 e. The molecule has 0 bridgehead atoms. The lowest BCUT2D eigenvalue weighted by atomic mass is 10.2. The quantitative estimate of drug-likeness (QED) is 0.272. The monoisotopic (exact) mass is 457 g/mol. The molecular weight excluding hydrogens is 437 g/mol. The summed E-state index contributed by atoms with van der Waals surface area (Å²) >= 11 is 12.1. The van der Waals surface area contributed by atoms with E-state index in [1.807, 2.05) is 13.0 Å². The van der Waals surface area contributed by atoms with Crippen molar-refractivity contribution in [1.29, 1.82) is 0 Å². The number of amides is 1. The third-order valence-electron chi connectivity index (χ3n) is 4.22. The molecule has 0 unspecified atom stereocenters. The lowest BCUT2D eigenvalue weighted by molar-refractivity contribution is 0.0955. The number of nitrogens with one attached hydrogen (secondary N) is 1. The first-order valence-electron chi connectivity index (χ1n) is 9.48. The SMILES string of the molecule is CCOc1cc(/C=N\NC(=O)c2ccc(N)cc2)ccc1OCc1ccc(Cl)cc1Cl. The van der Waals surface area contributed by atoms with Gasteiger partial charge in [-0.1, -0.05) is 29.3 Å². The number of hydrazone groups is 1. The number of hydrogen-bond acceptors (Lipinski definition) is 5. The fourth-order valence-corrected chi connectivity index (χ4v) is 3.11. The Kier molecular flexibility index (Phi) is 7.76. The second-order valence-electron chi connectivity index (χ2n) is 6.48. The summed E-state index contributed by atoms with van der Waals surface area (Å²) in [5.41, 5.74) is 10.7. The van der Waals surface area contributed by atoms with Crippen LogP contribution in [0.25, 0.3) is 0 Å². The molecule has 8 heteroatoms. The molecule has 160 valence electrons. The van der Waals surface area contributed by atoms with Crippen molar-refractivity contribution >= 4 is 41.0 Å². The van der Waals surface area contributed by atoms with Gasteiger partial charge in [0.1, 0.15) is 6.61 Å². The van der Waals surface area contributed by atoms with Crippen molar-refractivity contribution in [3.05, 3.63) is 87.4 Å². The van der Waals surface area contributed by atoms with Gasteiger partial charge in [-0.05, 0) is 67.1 Å². The van der Waals surface area contributed by atoms with Gasteiger partial charge < -0.3 is 15.2 Å². The van der Waals surface area contributed by atoms with E-state index in [0.717, 1.165) is 11.1 Å². The summed E-state index contributed by atoms with van der Waals surface area (Å²) in [6.07, 6.45) is 1.53. The van der Waals surface area contributed by atoms with E-state index in [1.165, 1.54) is 6.21 Å². The number of ether oxygens (including phenoxy) is 2. The first-order chi connectivity index (χ1) is 15.0. The Morgan fingerprint density at radius 1 is 1.03 bits per heavy atom. The highest BCUT2D eigenvalue weighted by molar-refractivity contribution is 6.35. The molecule has 6 nitrogen and oxygen atoms in total. The summed E-state index contributed by atoms with van der Waals surface area (Å²) < 4.78 is 11.6. The van der Waals surface area contributed by atoms with Gasteiger partial charge in [-0.25, -0.2) is 5.43 Å². The minimum absolute atomic E-state index is 0.265. The molecule has 0 aromatic heterocycles. The van der Waals surface area contributed by atoms with Gasteiger partial charge in [0.15, 0.2) is 11.5 Å². The molecule has 0 saturated heterocycles. The zero-order valence-corrected chi connectivity index (χ0v) is 18.3.